The van der Waals surface area contributed by atoms with Gasteiger partial charge in [0.2, 0.25) is 11.0 Å². The van der Waals surface area contributed by atoms with E-state index in [1.807, 2.05) is 18.2 Å². The van der Waals surface area contributed by atoms with Crippen molar-refractivity contribution >= 4 is 39.8 Å². The van der Waals surface area contributed by atoms with Gasteiger partial charge in [-0.1, -0.05) is 48.2 Å². The highest BCUT2D eigenvalue weighted by Crippen LogP contribution is 2.29. The first-order valence-electron chi connectivity index (χ1n) is 8.75. The van der Waals surface area contributed by atoms with Gasteiger partial charge in [0.25, 0.3) is 0 Å². The lowest BCUT2D eigenvalue weighted by Crippen LogP contribution is -2.44. The number of aromatic nitrogens is 2. The van der Waals surface area contributed by atoms with Crippen LogP contribution in [0.25, 0.3) is 0 Å². The van der Waals surface area contributed by atoms with E-state index in [1.165, 1.54) is 29.5 Å². The lowest BCUT2D eigenvalue weighted by Gasteiger charge is -2.35. The number of piperidine rings is 1. The maximum atomic E-state index is 12.5. The zero-order valence-electron chi connectivity index (χ0n) is 14.7. The number of nitrogens with zero attached hydrogens (tertiary/aromatic N) is 3. The molecule has 1 atom stereocenters. The summed E-state index contributed by atoms with van der Waals surface area (Å²) < 4.78 is 0.828. The largest absolute Gasteiger partial charge is 0.339 e. The second kappa shape index (κ2) is 8.67. The van der Waals surface area contributed by atoms with Gasteiger partial charge < -0.3 is 10.2 Å². The van der Waals surface area contributed by atoms with Gasteiger partial charge in [0.05, 0.1) is 5.75 Å². The van der Waals surface area contributed by atoms with Crippen molar-refractivity contribution in [3.8, 4) is 0 Å². The average Bonchev–Trinajstić information content (AvgIpc) is 3.09. The molecular weight excluding hydrogens is 352 g/mol. The zero-order chi connectivity index (χ0) is 17.6. The minimum absolute atomic E-state index is 0.222. The van der Waals surface area contributed by atoms with Crippen LogP contribution >= 0.6 is 23.1 Å². The third-order valence-corrected chi connectivity index (χ3v) is 6.49. The Labute approximate surface area is 157 Å². The van der Waals surface area contributed by atoms with Crippen LogP contribution in [0.4, 0.5) is 10.8 Å². The molecule has 3 rings (SSSR count). The second-order valence-corrected chi connectivity index (χ2v) is 8.45. The van der Waals surface area contributed by atoms with E-state index < -0.39 is 0 Å². The minimum Gasteiger partial charge on any atom is -0.339 e. The number of hydrogen-bond acceptors (Lipinski definition) is 6. The van der Waals surface area contributed by atoms with Crippen LogP contribution in [0.15, 0.2) is 28.6 Å². The normalized spacial score (nSPS) is 17.5. The number of anilines is 2. The summed E-state index contributed by atoms with van der Waals surface area (Å²) >= 11 is 2.97. The standard InChI is InChI=1S/C18H24N4OS2/c1-3-14-9-6-7-11-22(14)16(23)12-24-18-21-20-17(25-18)19-15-10-5-4-8-13(15)2/h4-5,8,10,14H,3,6-7,9,11-12H2,1-2H3,(H,19,20)/t14-/m0/s1. The molecule has 2 aromatic rings. The van der Waals surface area contributed by atoms with Crippen LogP contribution in [0.2, 0.25) is 0 Å². The van der Waals surface area contributed by atoms with Crippen LogP contribution < -0.4 is 5.32 Å². The molecule has 2 heterocycles. The molecule has 1 fully saturated rings. The Morgan fingerprint density at radius 2 is 2.20 bits per heavy atom. The number of rotatable bonds is 6. The van der Waals surface area contributed by atoms with Crippen LogP contribution in [0.5, 0.6) is 0 Å². The molecule has 0 aliphatic carbocycles. The smallest absolute Gasteiger partial charge is 0.233 e. The summed E-state index contributed by atoms with van der Waals surface area (Å²) in [5.41, 5.74) is 2.20. The molecule has 1 amide bonds. The van der Waals surface area contributed by atoms with Crippen molar-refractivity contribution in [1.29, 1.82) is 0 Å². The molecule has 1 aromatic carbocycles. The highest BCUT2D eigenvalue weighted by atomic mass is 32.2. The average molecular weight is 377 g/mol. The van der Waals surface area contributed by atoms with Crippen molar-refractivity contribution in [2.45, 2.75) is 49.9 Å². The van der Waals surface area contributed by atoms with E-state index in [2.05, 4.69) is 40.3 Å². The summed E-state index contributed by atoms with van der Waals surface area (Å²) in [6.07, 6.45) is 4.53. The Kier molecular flexibility index (Phi) is 6.31. The summed E-state index contributed by atoms with van der Waals surface area (Å²) in [7, 11) is 0. The molecule has 0 unspecified atom stereocenters. The van der Waals surface area contributed by atoms with Crippen molar-refractivity contribution in [1.82, 2.24) is 15.1 Å². The third kappa shape index (κ3) is 4.73. The Morgan fingerprint density at radius 1 is 1.36 bits per heavy atom. The molecule has 5 nitrogen and oxygen atoms in total. The summed E-state index contributed by atoms with van der Waals surface area (Å²) in [5, 5.41) is 12.4. The first-order valence-corrected chi connectivity index (χ1v) is 10.6. The SMILES string of the molecule is CC[C@H]1CCCCN1C(=O)CSc1nnc(Nc2ccccc2C)s1. The van der Waals surface area contributed by atoms with Gasteiger partial charge >= 0.3 is 0 Å². The zero-order valence-corrected chi connectivity index (χ0v) is 16.3. The number of aryl methyl sites for hydroxylation is 1. The van der Waals surface area contributed by atoms with Gasteiger partial charge in [-0.2, -0.15) is 0 Å². The number of nitrogens with one attached hydrogen (secondary N) is 1. The first-order chi connectivity index (χ1) is 12.2. The highest BCUT2D eigenvalue weighted by Gasteiger charge is 2.25. The second-order valence-electron chi connectivity index (χ2n) is 6.25. The van der Waals surface area contributed by atoms with E-state index in [-0.39, 0.29) is 5.91 Å². The molecule has 1 aliphatic heterocycles. The fourth-order valence-corrected chi connectivity index (χ4v) is 4.76. The lowest BCUT2D eigenvalue weighted by atomic mass is 10.0. The Hall–Kier alpha value is -1.60. The molecule has 1 saturated heterocycles. The Bertz CT molecular complexity index is 719. The van der Waals surface area contributed by atoms with E-state index in [0.29, 0.717) is 11.8 Å². The van der Waals surface area contributed by atoms with Crippen LogP contribution in [-0.4, -0.2) is 39.3 Å². The molecule has 0 bridgehead atoms. The van der Waals surface area contributed by atoms with Gasteiger partial charge in [0.1, 0.15) is 0 Å². The summed E-state index contributed by atoms with van der Waals surface area (Å²) in [6.45, 7) is 5.12. The number of hydrogen-bond donors (Lipinski definition) is 1. The summed E-state index contributed by atoms with van der Waals surface area (Å²) in [6, 6.07) is 8.49. The number of para-hydroxylation sites is 1. The maximum Gasteiger partial charge on any atom is 0.233 e. The fraction of sp³-hybridized carbons (Fsp3) is 0.500. The number of carbonyl (C=O) groups is 1. The fourth-order valence-electron chi connectivity index (χ4n) is 3.11. The molecule has 25 heavy (non-hydrogen) atoms. The van der Waals surface area contributed by atoms with E-state index in [0.717, 1.165) is 46.5 Å². The Morgan fingerprint density at radius 3 is 3.00 bits per heavy atom. The van der Waals surface area contributed by atoms with Gasteiger partial charge in [-0.3, -0.25) is 4.79 Å². The van der Waals surface area contributed by atoms with Crippen molar-refractivity contribution in [3.63, 3.8) is 0 Å². The Balaban J connectivity index is 1.55. The van der Waals surface area contributed by atoms with E-state index in [9.17, 15) is 4.79 Å². The van der Waals surface area contributed by atoms with Crippen molar-refractivity contribution < 1.29 is 4.79 Å². The molecule has 0 radical (unpaired) electrons. The molecule has 1 aromatic heterocycles. The van der Waals surface area contributed by atoms with Gasteiger partial charge in [0, 0.05) is 18.3 Å². The van der Waals surface area contributed by atoms with Crippen LogP contribution in [0, 0.1) is 6.92 Å². The lowest BCUT2D eigenvalue weighted by molar-refractivity contribution is -0.132. The molecule has 1 aliphatic rings. The highest BCUT2D eigenvalue weighted by molar-refractivity contribution is 8.01. The first kappa shape index (κ1) is 18.2. The molecule has 0 spiro atoms. The van der Waals surface area contributed by atoms with Crippen LogP contribution in [0.1, 0.15) is 38.2 Å². The van der Waals surface area contributed by atoms with Crippen molar-refractivity contribution in [3.05, 3.63) is 29.8 Å². The monoisotopic (exact) mass is 376 g/mol. The quantitative estimate of drug-likeness (QED) is 0.754. The van der Waals surface area contributed by atoms with E-state index in [1.54, 1.807) is 0 Å². The van der Waals surface area contributed by atoms with E-state index in [4.69, 9.17) is 0 Å². The minimum atomic E-state index is 0.222. The third-order valence-electron chi connectivity index (χ3n) is 4.53. The predicted molar refractivity (Wildman–Crippen MR) is 105 cm³/mol. The number of amides is 1. The molecular formula is C18H24N4OS2. The maximum absolute atomic E-state index is 12.5. The van der Waals surface area contributed by atoms with Gasteiger partial charge in [-0.15, -0.1) is 10.2 Å². The topological polar surface area (TPSA) is 58.1 Å². The summed E-state index contributed by atoms with van der Waals surface area (Å²) in [5.74, 6) is 0.662. The molecule has 7 heteroatoms. The van der Waals surface area contributed by atoms with Crippen LogP contribution in [-0.2, 0) is 4.79 Å². The van der Waals surface area contributed by atoms with Gasteiger partial charge in [-0.05, 0) is 44.2 Å². The van der Waals surface area contributed by atoms with Gasteiger partial charge in [-0.25, -0.2) is 0 Å². The predicted octanol–water partition coefficient (Wildman–Crippen LogP) is 4.47. The van der Waals surface area contributed by atoms with Crippen LogP contribution in [0.3, 0.4) is 0 Å². The number of carbonyl (C=O) groups excluding carboxylic acids is 1. The van der Waals surface area contributed by atoms with Gasteiger partial charge in [0.15, 0.2) is 4.34 Å². The molecule has 0 saturated carbocycles. The van der Waals surface area contributed by atoms with Crippen molar-refractivity contribution in [2.75, 3.05) is 17.6 Å². The molecule has 134 valence electrons. The summed E-state index contributed by atoms with van der Waals surface area (Å²) in [4.78, 5) is 14.6. The number of thioether (sulfide) groups is 1. The van der Waals surface area contributed by atoms with E-state index >= 15 is 0 Å². The number of likely N-dealkylation sites (tertiary alicyclic amines) is 1. The number of benzene rings is 1. The molecule has 1 N–H and O–H groups in total. The van der Waals surface area contributed by atoms with Crippen molar-refractivity contribution in [2.24, 2.45) is 0 Å².